The molecule has 0 spiro atoms. The van der Waals surface area contributed by atoms with Gasteiger partial charge in [0, 0.05) is 0 Å². The first kappa shape index (κ1) is 19.4. The Morgan fingerprint density at radius 3 is 2.41 bits per heavy atom. The van der Waals surface area contributed by atoms with Crippen LogP contribution in [0.5, 0.6) is 0 Å². The highest BCUT2D eigenvalue weighted by Crippen LogP contribution is 2.37. The third kappa shape index (κ3) is 4.30. The van der Waals surface area contributed by atoms with E-state index >= 15 is 0 Å². The largest absolute Gasteiger partial charge is 0.480 e. The molecule has 0 amide bonds. The van der Waals surface area contributed by atoms with Gasteiger partial charge in [-0.2, -0.15) is 13.2 Å². The summed E-state index contributed by atoms with van der Waals surface area (Å²) in [5, 5.41) is 9.60. The van der Waals surface area contributed by atoms with Crippen LogP contribution >= 0.6 is 0 Å². The van der Waals surface area contributed by atoms with Crippen molar-refractivity contribution in [1.29, 1.82) is 0 Å². The van der Waals surface area contributed by atoms with Crippen LogP contribution in [-0.2, 0) is 11.0 Å². The molecule has 1 saturated heterocycles. The van der Waals surface area contributed by atoms with Gasteiger partial charge >= 0.3 is 12.1 Å². The van der Waals surface area contributed by atoms with Crippen LogP contribution < -0.4 is 0 Å². The second kappa shape index (κ2) is 7.68. The fourth-order valence-corrected chi connectivity index (χ4v) is 3.63. The van der Waals surface area contributed by atoms with Crippen LogP contribution in [0.15, 0.2) is 48.5 Å². The fraction of sp³-hybridized carbons (Fsp3) is 0.350. The second-order valence-corrected chi connectivity index (χ2v) is 6.66. The molecule has 3 nitrogen and oxygen atoms in total. The number of piperidine rings is 1. The minimum absolute atomic E-state index is 0.338. The highest BCUT2D eigenvalue weighted by molar-refractivity contribution is 5.73. The first-order chi connectivity index (χ1) is 12.8. The minimum atomic E-state index is -4.50. The smallest absolute Gasteiger partial charge is 0.416 e. The van der Waals surface area contributed by atoms with E-state index in [0.717, 1.165) is 25.0 Å². The maximum Gasteiger partial charge on any atom is 0.416 e. The normalized spacial score (nSPS) is 19.6. The zero-order valence-electron chi connectivity index (χ0n) is 14.4. The van der Waals surface area contributed by atoms with E-state index in [4.69, 9.17) is 0 Å². The number of nitrogens with zero attached hydrogens (tertiary/aromatic N) is 1. The number of carboxylic acids is 1. The van der Waals surface area contributed by atoms with Gasteiger partial charge < -0.3 is 5.11 Å². The Morgan fingerprint density at radius 2 is 1.78 bits per heavy atom. The molecule has 0 saturated carbocycles. The van der Waals surface area contributed by atoms with Crippen LogP contribution in [0.2, 0.25) is 0 Å². The first-order valence-electron chi connectivity index (χ1n) is 8.68. The summed E-state index contributed by atoms with van der Waals surface area (Å²) in [6.07, 6.45) is -2.59. The molecule has 0 aliphatic carbocycles. The van der Waals surface area contributed by atoms with Crippen molar-refractivity contribution < 1.29 is 27.5 Å². The van der Waals surface area contributed by atoms with Crippen LogP contribution in [0, 0.1) is 5.82 Å². The van der Waals surface area contributed by atoms with Crippen molar-refractivity contribution in [3.8, 4) is 0 Å². The van der Waals surface area contributed by atoms with Gasteiger partial charge in [-0.15, -0.1) is 0 Å². The summed E-state index contributed by atoms with van der Waals surface area (Å²) in [5.41, 5.74) is 0.101. The standard InChI is InChI=1S/C20H19F4NO2/c21-16-9-7-13(8-10-16)18(25-11-2-1-6-17(25)19(26)27)14-4-3-5-15(12-14)20(22,23)24/h3-5,7-10,12,17-18H,1-2,6,11H2,(H,26,27). The number of alkyl halides is 3. The lowest BCUT2D eigenvalue weighted by Gasteiger charge is -2.39. The molecule has 2 atom stereocenters. The van der Waals surface area contributed by atoms with E-state index < -0.39 is 35.6 Å². The van der Waals surface area contributed by atoms with Gasteiger partial charge in [-0.1, -0.05) is 30.7 Å². The Bertz CT molecular complexity index is 804. The minimum Gasteiger partial charge on any atom is -0.480 e. The van der Waals surface area contributed by atoms with Crippen molar-refractivity contribution in [2.75, 3.05) is 6.54 Å². The first-order valence-corrected chi connectivity index (χ1v) is 8.68. The molecule has 144 valence electrons. The highest BCUT2D eigenvalue weighted by Gasteiger charge is 2.36. The van der Waals surface area contributed by atoms with E-state index in [0.29, 0.717) is 24.1 Å². The maximum absolute atomic E-state index is 13.4. The Kier molecular flexibility index (Phi) is 5.51. The molecule has 0 bridgehead atoms. The van der Waals surface area contributed by atoms with Crippen LogP contribution in [0.25, 0.3) is 0 Å². The summed E-state index contributed by atoms with van der Waals surface area (Å²) in [6, 6.07) is 8.84. The second-order valence-electron chi connectivity index (χ2n) is 6.66. The number of carbonyl (C=O) groups is 1. The molecule has 7 heteroatoms. The molecule has 1 aliphatic heterocycles. The van der Waals surface area contributed by atoms with Gasteiger partial charge in [-0.3, -0.25) is 9.69 Å². The Morgan fingerprint density at radius 1 is 1.07 bits per heavy atom. The van der Waals surface area contributed by atoms with Crippen molar-refractivity contribution in [3.05, 3.63) is 71.0 Å². The Balaban J connectivity index is 2.10. The molecule has 27 heavy (non-hydrogen) atoms. The lowest BCUT2D eigenvalue weighted by Crippen LogP contribution is -2.46. The molecule has 3 rings (SSSR count). The average Bonchev–Trinajstić information content (AvgIpc) is 2.63. The van der Waals surface area contributed by atoms with E-state index in [2.05, 4.69) is 0 Å². The molecule has 2 unspecified atom stereocenters. The number of aliphatic carboxylic acids is 1. The van der Waals surface area contributed by atoms with Gasteiger partial charge in [0.05, 0.1) is 11.6 Å². The molecule has 1 N–H and O–H groups in total. The molecule has 0 aromatic heterocycles. The van der Waals surface area contributed by atoms with Crippen molar-refractivity contribution in [1.82, 2.24) is 4.90 Å². The topological polar surface area (TPSA) is 40.5 Å². The Hall–Kier alpha value is -2.41. The molecule has 0 radical (unpaired) electrons. The zero-order valence-corrected chi connectivity index (χ0v) is 14.4. The van der Waals surface area contributed by atoms with Gasteiger partial charge in [0.15, 0.2) is 0 Å². The number of benzene rings is 2. The van der Waals surface area contributed by atoms with Crippen LogP contribution in [0.4, 0.5) is 17.6 Å². The number of hydrogen-bond donors (Lipinski definition) is 1. The summed E-state index contributed by atoms with van der Waals surface area (Å²) in [4.78, 5) is 13.4. The summed E-state index contributed by atoms with van der Waals surface area (Å²) < 4.78 is 52.9. The summed E-state index contributed by atoms with van der Waals surface area (Å²) in [5.74, 6) is -1.47. The highest BCUT2D eigenvalue weighted by atomic mass is 19.4. The van der Waals surface area contributed by atoms with Crippen LogP contribution in [0.3, 0.4) is 0 Å². The average molecular weight is 381 g/mol. The van der Waals surface area contributed by atoms with E-state index in [1.165, 1.54) is 30.3 Å². The van der Waals surface area contributed by atoms with E-state index in [9.17, 15) is 27.5 Å². The molecule has 1 fully saturated rings. The van der Waals surface area contributed by atoms with Crippen molar-refractivity contribution >= 4 is 5.97 Å². The van der Waals surface area contributed by atoms with E-state index in [-0.39, 0.29) is 0 Å². The summed E-state index contributed by atoms with van der Waals surface area (Å²) >= 11 is 0. The zero-order chi connectivity index (χ0) is 19.6. The number of likely N-dealkylation sites (tertiary alicyclic amines) is 1. The summed E-state index contributed by atoms with van der Waals surface area (Å²) in [6.45, 7) is 0.440. The van der Waals surface area contributed by atoms with Crippen molar-refractivity contribution in [2.45, 2.75) is 37.5 Å². The fourth-order valence-electron chi connectivity index (χ4n) is 3.63. The SMILES string of the molecule is O=C(O)C1CCCCN1C(c1ccc(F)cc1)c1cccc(C(F)(F)F)c1. The molecule has 1 aliphatic rings. The Labute approximate surface area is 154 Å². The molecular formula is C20H19F4NO2. The molecule has 2 aromatic carbocycles. The summed E-state index contributed by atoms with van der Waals surface area (Å²) in [7, 11) is 0. The number of halogens is 4. The van der Waals surface area contributed by atoms with Crippen LogP contribution in [-0.4, -0.2) is 28.6 Å². The number of hydrogen-bond acceptors (Lipinski definition) is 2. The third-order valence-electron chi connectivity index (χ3n) is 4.88. The predicted octanol–water partition coefficient (Wildman–Crippen LogP) is 4.87. The predicted molar refractivity (Wildman–Crippen MR) is 91.7 cm³/mol. The monoisotopic (exact) mass is 381 g/mol. The van der Waals surface area contributed by atoms with Gasteiger partial charge in [-0.25, -0.2) is 4.39 Å². The third-order valence-corrected chi connectivity index (χ3v) is 4.88. The number of rotatable bonds is 4. The molecule has 1 heterocycles. The van der Waals surface area contributed by atoms with Gasteiger partial charge in [0.2, 0.25) is 0 Å². The van der Waals surface area contributed by atoms with E-state index in [1.54, 1.807) is 11.0 Å². The molecule has 2 aromatic rings. The maximum atomic E-state index is 13.4. The quantitative estimate of drug-likeness (QED) is 0.768. The van der Waals surface area contributed by atoms with Crippen LogP contribution in [0.1, 0.15) is 42.0 Å². The lowest BCUT2D eigenvalue weighted by molar-refractivity contribution is -0.145. The number of carboxylic acid groups (broad SMARTS) is 1. The van der Waals surface area contributed by atoms with Gasteiger partial charge in [0.1, 0.15) is 11.9 Å². The van der Waals surface area contributed by atoms with E-state index in [1.807, 2.05) is 0 Å². The van der Waals surface area contributed by atoms with Gasteiger partial charge in [-0.05, 0) is 54.8 Å². The molecular weight excluding hydrogens is 362 g/mol. The van der Waals surface area contributed by atoms with Crippen molar-refractivity contribution in [3.63, 3.8) is 0 Å². The van der Waals surface area contributed by atoms with Crippen molar-refractivity contribution in [2.24, 2.45) is 0 Å². The van der Waals surface area contributed by atoms with Gasteiger partial charge in [0.25, 0.3) is 0 Å². The lowest BCUT2D eigenvalue weighted by atomic mass is 9.91.